The normalized spacial score (nSPS) is 12.5. The van der Waals surface area contributed by atoms with E-state index in [1.165, 1.54) is 7.11 Å². The Kier molecular flexibility index (Phi) is 3.62. The Bertz CT molecular complexity index is 511. The van der Waals surface area contributed by atoms with Gasteiger partial charge in [0.05, 0.1) is 24.4 Å². The zero-order valence-electron chi connectivity index (χ0n) is 9.11. The van der Waals surface area contributed by atoms with Crippen LogP contribution in [-0.2, 0) is 0 Å². The zero-order chi connectivity index (χ0) is 12.4. The van der Waals surface area contributed by atoms with E-state index in [1.807, 2.05) is 0 Å². The number of rotatable bonds is 3. The molecule has 0 saturated heterocycles. The van der Waals surface area contributed by atoms with Gasteiger partial charge in [-0.05, 0) is 23.8 Å². The predicted octanol–water partition coefficient (Wildman–Crippen LogP) is 3.64. The van der Waals surface area contributed by atoms with Crippen LogP contribution >= 0.6 is 23.2 Å². The van der Waals surface area contributed by atoms with Gasteiger partial charge in [0.15, 0.2) is 0 Å². The molecule has 1 aromatic heterocycles. The lowest BCUT2D eigenvalue weighted by Crippen LogP contribution is -2.11. The van der Waals surface area contributed by atoms with Crippen molar-refractivity contribution in [1.29, 1.82) is 0 Å². The molecule has 0 aliphatic heterocycles. The fourth-order valence-electron chi connectivity index (χ4n) is 1.56. The SMILES string of the molecule is COc1cc(Cl)c(C(N)c2ccco2)cc1Cl. The van der Waals surface area contributed by atoms with E-state index >= 15 is 0 Å². The Morgan fingerprint density at radius 1 is 1.29 bits per heavy atom. The highest BCUT2D eigenvalue weighted by atomic mass is 35.5. The minimum atomic E-state index is -0.444. The highest BCUT2D eigenvalue weighted by Gasteiger charge is 2.17. The molecule has 90 valence electrons. The standard InChI is InChI=1S/C12H11Cl2NO2/c1-16-11-6-8(13)7(5-9(11)14)12(15)10-3-2-4-17-10/h2-6,12H,15H2,1H3. The Morgan fingerprint density at radius 3 is 2.65 bits per heavy atom. The molecule has 3 nitrogen and oxygen atoms in total. The van der Waals surface area contributed by atoms with Gasteiger partial charge in [-0.25, -0.2) is 0 Å². The summed E-state index contributed by atoms with van der Waals surface area (Å²) in [6.45, 7) is 0. The van der Waals surface area contributed by atoms with Crippen LogP contribution in [0, 0.1) is 0 Å². The van der Waals surface area contributed by atoms with Gasteiger partial charge in [-0.1, -0.05) is 23.2 Å². The van der Waals surface area contributed by atoms with Crippen LogP contribution < -0.4 is 10.5 Å². The first-order chi connectivity index (χ1) is 8.13. The third kappa shape index (κ3) is 2.41. The van der Waals surface area contributed by atoms with Crippen molar-refractivity contribution in [3.63, 3.8) is 0 Å². The molecule has 1 aromatic carbocycles. The number of hydrogen-bond donors (Lipinski definition) is 1. The van der Waals surface area contributed by atoms with Crippen molar-refractivity contribution >= 4 is 23.2 Å². The average molecular weight is 272 g/mol. The summed E-state index contributed by atoms with van der Waals surface area (Å²) in [6, 6.07) is 6.45. The van der Waals surface area contributed by atoms with Gasteiger partial charge in [-0.15, -0.1) is 0 Å². The Labute approximate surface area is 109 Å². The summed E-state index contributed by atoms with van der Waals surface area (Å²) < 4.78 is 10.3. The van der Waals surface area contributed by atoms with E-state index in [4.69, 9.17) is 38.1 Å². The summed E-state index contributed by atoms with van der Waals surface area (Å²) in [4.78, 5) is 0. The monoisotopic (exact) mass is 271 g/mol. The number of benzene rings is 1. The topological polar surface area (TPSA) is 48.4 Å². The maximum atomic E-state index is 6.13. The van der Waals surface area contributed by atoms with Crippen LogP contribution in [0.2, 0.25) is 10.0 Å². The van der Waals surface area contributed by atoms with Gasteiger partial charge < -0.3 is 14.9 Å². The van der Waals surface area contributed by atoms with Crippen LogP contribution in [-0.4, -0.2) is 7.11 Å². The summed E-state index contributed by atoms with van der Waals surface area (Å²) in [6.07, 6.45) is 1.56. The second-order valence-corrected chi connectivity index (χ2v) is 4.32. The summed E-state index contributed by atoms with van der Waals surface area (Å²) in [7, 11) is 1.53. The molecule has 0 fully saturated rings. The van der Waals surface area contributed by atoms with Crippen molar-refractivity contribution in [3.05, 3.63) is 51.9 Å². The Hall–Kier alpha value is -1.16. The molecule has 0 bridgehead atoms. The number of nitrogens with two attached hydrogens (primary N) is 1. The van der Waals surface area contributed by atoms with Gasteiger partial charge in [0.1, 0.15) is 11.5 Å². The second-order valence-electron chi connectivity index (χ2n) is 3.50. The maximum absolute atomic E-state index is 6.13. The van der Waals surface area contributed by atoms with E-state index in [1.54, 1.807) is 30.5 Å². The lowest BCUT2D eigenvalue weighted by molar-refractivity contribution is 0.414. The molecule has 0 saturated carbocycles. The van der Waals surface area contributed by atoms with Crippen molar-refractivity contribution in [1.82, 2.24) is 0 Å². The molecule has 2 aromatic rings. The molecule has 1 heterocycles. The van der Waals surface area contributed by atoms with Gasteiger partial charge in [0.25, 0.3) is 0 Å². The smallest absolute Gasteiger partial charge is 0.138 e. The molecule has 0 spiro atoms. The quantitative estimate of drug-likeness (QED) is 0.927. The van der Waals surface area contributed by atoms with Crippen LogP contribution in [0.3, 0.4) is 0 Å². The van der Waals surface area contributed by atoms with Gasteiger partial charge in [0, 0.05) is 11.1 Å². The van der Waals surface area contributed by atoms with Crippen molar-refractivity contribution in [2.24, 2.45) is 5.73 Å². The van der Waals surface area contributed by atoms with Crippen molar-refractivity contribution in [2.75, 3.05) is 7.11 Å². The third-order valence-corrected chi connectivity index (χ3v) is 3.08. The minimum absolute atomic E-state index is 0.444. The Morgan fingerprint density at radius 2 is 2.06 bits per heavy atom. The summed E-state index contributed by atoms with van der Waals surface area (Å²) in [5, 5.41) is 0.962. The largest absolute Gasteiger partial charge is 0.495 e. The van der Waals surface area contributed by atoms with Gasteiger partial charge in [-0.3, -0.25) is 0 Å². The van der Waals surface area contributed by atoms with Crippen LogP contribution in [0.25, 0.3) is 0 Å². The molecule has 1 unspecified atom stereocenters. The van der Waals surface area contributed by atoms with E-state index in [0.29, 0.717) is 27.1 Å². The van der Waals surface area contributed by atoms with E-state index in [-0.39, 0.29) is 0 Å². The molecule has 17 heavy (non-hydrogen) atoms. The minimum Gasteiger partial charge on any atom is -0.495 e. The molecule has 2 N–H and O–H groups in total. The van der Waals surface area contributed by atoms with E-state index in [0.717, 1.165) is 0 Å². The highest BCUT2D eigenvalue weighted by Crippen LogP contribution is 2.35. The third-order valence-electron chi connectivity index (χ3n) is 2.46. The van der Waals surface area contributed by atoms with Crippen LogP contribution in [0.4, 0.5) is 0 Å². The van der Waals surface area contributed by atoms with E-state index in [9.17, 15) is 0 Å². The van der Waals surface area contributed by atoms with Gasteiger partial charge in [0.2, 0.25) is 0 Å². The molecular weight excluding hydrogens is 261 g/mol. The first kappa shape index (κ1) is 12.3. The molecule has 5 heteroatoms. The molecule has 0 radical (unpaired) electrons. The van der Waals surface area contributed by atoms with Gasteiger partial charge >= 0.3 is 0 Å². The van der Waals surface area contributed by atoms with Gasteiger partial charge in [-0.2, -0.15) is 0 Å². The summed E-state index contributed by atoms with van der Waals surface area (Å²) in [5.74, 6) is 1.15. The fourth-order valence-corrected chi connectivity index (χ4v) is 2.08. The average Bonchev–Trinajstić information content (AvgIpc) is 2.84. The summed E-state index contributed by atoms with van der Waals surface area (Å²) in [5.41, 5.74) is 6.75. The number of ether oxygens (including phenoxy) is 1. The number of hydrogen-bond acceptors (Lipinski definition) is 3. The molecule has 2 rings (SSSR count). The molecular formula is C12H11Cl2NO2. The number of methoxy groups -OCH3 is 1. The van der Waals surface area contributed by atoms with Crippen LogP contribution in [0.15, 0.2) is 34.9 Å². The lowest BCUT2D eigenvalue weighted by atomic mass is 10.1. The van der Waals surface area contributed by atoms with Crippen molar-refractivity contribution in [2.45, 2.75) is 6.04 Å². The first-order valence-electron chi connectivity index (χ1n) is 4.95. The van der Waals surface area contributed by atoms with Crippen molar-refractivity contribution < 1.29 is 9.15 Å². The number of furan rings is 1. The second kappa shape index (κ2) is 5.00. The first-order valence-corrected chi connectivity index (χ1v) is 5.71. The number of halogens is 2. The predicted molar refractivity (Wildman–Crippen MR) is 67.8 cm³/mol. The lowest BCUT2D eigenvalue weighted by Gasteiger charge is -2.13. The Balaban J connectivity index is 2.42. The zero-order valence-corrected chi connectivity index (χ0v) is 10.6. The molecule has 0 aliphatic rings. The van der Waals surface area contributed by atoms with Crippen LogP contribution in [0.5, 0.6) is 5.75 Å². The van der Waals surface area contributed by atoms with E-state index in [2.05, 4.69) is 0 Å². The van der Waals surface area contributed by atoms with E-state index < -0.39 is 6.04 Å². The molecule has 0 amide bonds. The maximum Gasteiger partial charge on any atom is 0.138 e. The fraction of sp³-hybridized carbons (Fsp3) is 0.167. The highest BCUT2D eigenvalue weighted by molar-refractivity contribution is 6.34. The molecule has 1 atom stereocenters. The molecule has 0 aliphatic carbocycles. The van der Waals surface area contributed by atoms with Crippen LogP contribution in [0.1, 0.15) is 17.4 Å². The summed E-state index contributed by atoms with van der Waals surface area (Å²) >= 11 is 12.2. The van der Waals surface area contributed by atoms with Crippen molar-refractivity contribution in [3.8, 4) is 5.75 Å².